The van der Waals surface area contributed by atoms with Gasteiger partial charge in [0.05, 0.1) is 12.3 Å². The molecule has 1 aromatic carbocycles. The number of carbonyl (C=O) groups excluding carboxylic acids is 1. The minimum absolute atomic E-state index is 0.112. The summed E-state index contributed by atoms with van der Waals surface area (Å²) in [6.45, 7) is 4.42. The maximum absolute atomic E-state index is 13.5. The van der Waals surface area contributed by atoms with Crippen LogP contribution >= 0.6 is 0 Å². The van der Waals surface area contributed by atoms with Gasteiger partial charge in [-0.2, -0.15) is 0 Å². The summed E-state index contributed by atoms with van der Waals surface area (Å²) in [4.78, 5) is 13.9. The van der Waals surface area contributed by atoms with E-state index in [0.29, 0.717) is 25.1 Å². The van der Waals surface area contributed by atoms with Gasteiger partial charge in [-0.25, -0.2) is 4.39 Å². The SMILES string of the molecule is CCCN(CCO)CCCC(=O)Nc1cc(N)ccc1F. The standard InChI is InChI=1S/C15H24FN3O2/c1-2-7-19(9-10-20)8-3-4-15(21)18-14-11-12(17)5-6-13(14)16/h5-6,11,20H,2-4,7-10,17H2,1H3,(H,18,21). The Hall–Kier alpha value is -1.66. The zero-order valence-electron chi connectivity index (χ0n) is 12.4. The molecule has 0 saturated carbocycles. The van der Waals surface area contributed by atoms with Gasteiger partial charge < -0.3 is 21.1 Å². The van der Waals surface area contributed by atoms with E-state index in [4.69, 9.17) is 10.8 Å². The van der Waals surface area contributed by atoms with Crippen LogP contribution in [0.2, 0.25) is 0 Å². The maximum atomic E-state index is 13.5. The molecule has 0 radical (unpaired) electrons. The molecule has 0 saturated heterocycles. The molecule has 0 aromatic heterocycles. The fraction of sp³-hybridized carbons (Fsp3) is 0.533. The van der Waals surface area contributed by atoms with Crippen molar-refractivity contribution in [1.82, 2.24) is 4.90 Å². The summed E-state index contributed by atoms with van der Waals surface area (Å²) in [7, 11) is 0. The summed E-state index contributed by atoms with van der Waals surface area (Å²) < 4.78 is 13.5. The lowest BCUT2D eigenvalue weighted by atomic mass is 10.2. The zero-order chi connectivity index (χ0) is 15.7. The third-order valence-electron chi connectivity index (χ3n) is 3.10. The van der Waals surface area contributed by atoms with Crippen molar-refractivity contribution in [3.8, 4) is 0 Å². The van der Waals surface area contributed by atoms with Gasteiger partial charge in [-0.3, -0.25) is 4.79 Å². The molecule has 0 aliphatic carbocycles. The first-order valence-corrected chi connectivity index (χ1v) is 7.25. The highest BCUT2D eigenvalue weighted by molar-refractivity contribution is 5.91. The van der Waals surface area contributed by atoms with Crippen LogP contribution in [0.15, 0.2) is 18.2 Å². The van der Waals surface area contributed by atoms with Crippen LogP contribution in [-0.2, 0) is 4.79 Å². The number of halogens is 1. The van der Waals surface area contributed by atoms with Crippen LogP contribution in [-0.4, -0.2) is 42.2 Å². The second-order valence-corrected chi connectivity index (χ2v) is 4.96. The first kappa shape index (κ1) is 17.4. The van der Waals surface area contributed by atoms with Crippen molar-refractivity contribution >= 4 is 17.3 Å². The molecular weight excluding hydrogens is 273 g/mol. The van der Waals surface area contributed by atoms with Gasteiger partial charge in [0.2, 0.25) is 5.91 Å². The van der Waals surface area contributed by atoms with Crippen molar-refractivity contribution in [3.63, 3.8) is 0 Å². The van der Waals surface area contributed by atoms with E-state index in [1.807, 2.05) is 0 Å². The lowest BCUT2D eigenvalue weighted by Crippen LogP contribution is -2.29. The van der Waals surface area contributed by atoms with E-state index < -0.39 is 5.82 Å². The molecule has 118 valence electrons. The zero-order valence-corrected chi connectivity index (χ0v) is 12.4. The number of nitrogen functional groups attached to an aromatic ring is 1. The average molecular weight is 297 g/mol. The number of rotatable bonds is 9. The molecule has 0 aliphatic heterocycles. The first-order valence-electron chi connectivity index (χ1n) is 7.25. The Morgan fingerprint density at radius 2 is 2.14 bits per heavy atom. The number of hydrogen-bond acceptors (Lipinski definition) is 4. The summed E-state index contributed by atoms with van der Waals surface area (Å²) in [6.07, 6.45) is 1.97. The van der Waals surface area contributed by atoms with Crippen molar-refractivity contribution < 1.29 is 14.3 Å². The monoisotopic (exact) mass is 297 g/mol. The molecule has 0 aliphatic rings. The van der Waals surface area contributed by atoms with Crippen LogP contribution in [0.3, 0.4) is 0 Å². The fourth-order valence-electron chi connectivity index (χ4n) is 2.11. The van der Waals surface area contributed by atoms with Crippen LogP contribution in [0.5, 0.6) is 0 Å². The van der Waals surface area contributed by atoms with Gasteiger partial charge in [0.1, 0.15) is 5.82 Å². The molecule has 0 fully saturated rings. The topological polar surface area (TPSA) is 78.6 Å². The lowest BCUT2D eigenvalue weighted by Gasteiger charge is -2.20. The van der Waals surface area contributed by atoms with E-state index in [-0.39, 0.29) is 18.2 Å². The summed E-state index contributed by atoms with van der Waals surface area (Å²) in [5.41, 5.74) is 6.08. The van der Waals surface area contributed by atoms with E-state index in [1.54, 1.807) is 0 Å². The van der Waals surface area contributed by atoms with Gasteiger partial charge >= 0.3 is 0 Å². The van der Waals surface area contributed by atoms with E-state index in [9.17, 15) is 9.18 Å². The summed E-state index contributed by atoms with van der Waals surface area (Å²) >= 11 is 0. The molecule has 1 rings (SSSR count). The van der Waals surface area contributed by atoms with Crippen molar-refractivity contribution in [1.29, 1.82) is 0 Å². The average Bonchev–Trinajstić information content (AvgIpc) is 2.43. The van der Waals surface area contributed by atoms with Crippen molar-refractivity contribution in [3.05, 3.63) is 24.0 Å². The molecule has 0 unspecified atom stereocenters. The number of nitrogens with one attached hydrogen (secondary N) is 1. The highest BCUT2D eigenvalue weighted by Gasteiger charge is 2.09. The Morgan fingerprint density at radius 3 is 2.81 bits per heavy atom. The number of nitrogens with two attached hydrogens (primary N) is 1. The number of amides is 1. The van der Waals surface area contributed by atoms with Crippen LogP contribution in [0, 0.1) is 5.82 Å². The molecule has 0 bridgehead atoms. The molecule has 1 aromatic rings. The quantitative estimate of drug-likeness (QED) is 0.608. The van der Waals surface area contributed by atoms with Gasteiger partial charge in [0.25, 0.3) is 0 Å². The number of nitrogens with zero attached hydrogens (tertiary/aromatic N) is 1. The molecule has 6 heteroatoms. The fourth-order valence-corrected chi connectivity index (χ4v) is 2.11. The molecular formula is C15H24FN3O2. The number of anilines is 2. The normalized spacial score (nSPS) is 10.9. The molecule has 1 amide bonds. The summed E-state index contributed by atoms with van der Waals surface area (Å²) in [5, 5.41) is 11.5. The predicted molar refractivity (Wildman–Crippen MR) is 82.5 cm³/mol. The Kier molecular flexibility index (Phi) is 7.71. The van der Waals surface area contributed by atoms with Crippen LogP contribution < -0.4 is 11.1 Å². The highest BCUT2D eigenvalue weighted by atomic mass is 19.1. The summed E-state index contributed by atoms with van der Waals surface area (Å²) in [6, 6.07) is 4.08. The number of aliphatic hydroxyl groups is 1. The molecule has 0 heterocycles. The Labute approximate surface area is 124 Å². The maximum Gasteiger partial charge on any atom is 0.224 e. The second kappa shape index (κ2) is 9.31. The van der Waals surface area contributed by atoms with E-state index in [1.165, 1.54) is 18.2 Å². The number of aliphatic hydroxyl groups excluding tert-OH is 1. The largest absolute Gasteiger partial charge is 0.399 e. The van der Waals surface area contributed by atoms with Crippen LogP contribution in [0.25, 0.3) is 0 Å². The molecule has 0 spiro atoms. The number of benzene rings is 1. The van der Waals surface area contributed by atoms with Gasteiger partial charge in [0, 0.05) is 18.7 Å². The molecule has 4 N–H and O–H groups in total. The number of hydrogen-bond donors (Lipinski definition) is 3. The van der Waals surface area contributed by atoms with Crippen molar-refractivity contribution in [2.24, 2.45) is 0 Å². The van der Waals surface area contributed by atoms with E-state index in [2.05, 4.69) is 17.1 Å². The van der Waals surface area contributed by atoms with Crippen molar-refractivity contribution in [2.45, 2.75) is 26.2 Å². The van der Waals surface area contributed by atoms with E-state index in [0.717, 1.165) is 19.5 Å². The minimum Gasteiger partial charge on any atom is -0.399 e. The van der Waals surface area contributed by atoms with Gasteiger partial charge in [-0.05, 0) is 44.1 Å². The molecule has 5 nitrogen and oxygen atoms in total. The first-order chi connectivity index (χ1) is 10.1. The predicted octanol–water partition coefficient (Wildman–Crippen LogP) is 1.83. The minimum atomic E-state index is -0.495. The summed E-state index contributed by atoms with van der Waals surface area (Å²) in [5.74, 6) is -0.731. The third kappa shape index (κ3) is 6.55. The number of carbonyl (C=O) groups is 1. The smallest absolute Gasteiger partial charge is 0.224 e. The Morgan fingerprint density at radius 1 is 1.38 bits per heavy atom. The lowest BCUT2D eigenvalue weighted by molar-refractivity contribution is -0.116. The second-order valence-electron chi connectivity index (χ2n) is 4.96. The Balaban J connectivity index is 2.38. The highest BCUT2D eigenvalue weighted by Crippen LogP contribution is 2.17. The van der Waals surface area contributed by atoms with Gasteiger partial charge in [-0.1, -0.05) is 6.92 Å². The van der Waals surface area contributed by atoms with Crippen LogP contribution in [0.4, 0.5) is 15.8 Å². The van der Waals surface area contributed by atoms with Crippen LogP contribution in [0.1, 0.15) is 26.2 Å². The van der Waals surface area contributed by atoms with E-state index >= 15 is 0 Å². The van der Waals surface area contributed by atoms with Gasteiger partial charge in [-0.15, -0.1) is 0 Å². The molecule has 0 atom stereocenters. The van der Waals surface area contributed by atoms with Crippen molar-refractivity contribution in [2.75, 3.05) is 37.3 Å². The Bertz CT molecular complexity index is 449. The van der Waals surface area contributed by atoms with Gasteiger partial charge in [0.15, 0.2) is 0 Å². The third-order valence-corrected chi connectivity index (χ3v) is 3.10. The molecule has 21 heavy (non-hydrogen) atoms.